The summed E-state index contributed by atoms with van der Waals surface area (Å²) in [6.07, 6.45) is 2.63. The number of para-hydroxylation sites is 1. The number of carbonyl (C=O) groups excluding carboxylic acids is 2. The van der Waals surface area contributed by atoms with E-state index in [-0.39, 0.29) is 9.72 Å². The Morgan fingerprint density at radius 2 is 2.12 bits per heavy atom. The molecule has 0 bridgehead atoms. The van der Waals surface area contributed by atoms with Crippen LogP contribution in [0.25, 0.3) is 0 Å². The molecular weight excluding hydrogens is 222 g/mol. The molecule has 1 aliphatic rings. The van der Waals surface area contributed by atoms with Crippen LogP contribution < -0.4 is 4.48 Å². The summed E-state index contributed by atoms with van der Waals surface area (Å²) in [5.41, 5.74) is 0.834. The van der Waals surface area contributed by atoms with E-state index < -0.39 is 0 Å². The number of fused-ring (bicyclic) bond motifs is 1. The van der Waals surface area contributed by atoms with Crippen LogP contribution in [-0.2, 0) is 4.79 Å². The number of amides is 2. The fourth-order valence-corrected chi connectivity index (χ4v) is 2.98. The largest absolute Gasteiger partial charge is 0.392 e. The molecule has 1 aromatic rings. The van der Waals surface area contributed by atoms with Crippen LogP contribution in [0.1, 0.15) is 19.8 Å². The van der Waals surface area contributed by atoms with Crippen molar-refractivity contribution in [3.05, 3.63) is 24.3 Å². The van der Waals surface area contributed by atoms with Gasteiger partial charge in [0.2, 0.25) is 0 Å². The Balaban J connectivity index is 2.45. The highest BCUT2D eigenvalue weighted by molar-refractivity contribution is 8.14. The van der Waals surface area contributed by atoms with E-state index in [4.69, 9.17) is 0 Å². The van der Waals surface area contributed by atoms with E-state index in [0.717, 1.165) is 29.8 Å². The van der Waals surface area contributed by atoms with Gasteiger partial charge in [-0.25, -0.2) is 9.59 Å². The molecule has 1 aliphatic heterocycles. The minimum Gasteiger partial charge on any atom is -0.233 e. The Labute approximate surface area is 99.0 Å². The van der Waals surface area contributed by atoms with Gasteiger partial charge in [-0.1, -0.05) is 25.5 Å². The van der Waals surface area contributed by atoms with Gasteiger partial charge < -0.3 is 0 Å². The van der Waals surface area contributed by atoms with E-state index in [2.05, 4.69) is 6.92 Å². The second-order valence-electron chi connectivity index (χ2n) is 3.89. The van der Waals surface area contributed by atoms with E-state index >= 15 is 0 Å². The lowest BCUT2D eigenvalue weighted by Gasteiger charge is -2.22. The number of hydrogen-bond acceptors (Lipinski definition) is 3. The highest BCUT2D eigenvalue weighted by Gasteiger charge is 2.47. The standard InChI is InChI=1S/C12H14NO2S/c1-2-3-8-13(9-14)10-6-4-5-7-11(10)16-12(13)15/h4-7,9H,2-3,8H2,1H3/q+1. The molecule has 1 atom stereocenters. The summed E-state index contributed by atoms with van der Waals surface area (Å²) in [5.74, 6) is 0. The molecule has 1 unspecified atom stereocenters. The van der Waals surface area contributed by atoms with Gasteiger partial charge in [-0.2, -0.15) is 4.48 Å². The molecule has 1 aromatic carbocycles. The van der Waals surface area contributed by atoms with Crippen molar-refractivity contribution >= 4 is 29.1 Å². The molecule has 0 fully saturated rings. The SMILES string of the molecule is CCCC[N+]1(C=O)C(=O)Sc2ccccc21. The average molecular weight is 236 g/mol. The Hall–Kier alpha value is -1.13. The van der Waals surface area contributed by atoms with Crippen molar-refractivity contribution in [2.75, 3.05) is 6.54 Å². The van der Waals surface area contributed by atoms with E-state index in [9.17, 15) is 9.59 Å². The van der Waals surface area contributed by atoms with Crippen LogP contribution >= 0.6 is 11.8 Å². The van der Waals surface area contributed by atoms with Gasteiger partial charge in [0.25, 0.3) is 0 Å². The predicted octanol–water partition coefficient (Wildman–Crippen LogP) is 3.18. The van der Waals surface area contributed by atoms with Gasteiger partial charge in [0.1, 0.15) is 0 Å². The van der Waals surface area contributed by atoms with Crippen LogP contribution in [0.2, 0.25) is 0 Å². The molecule has 0 aromatic heterocycles. The number of thioether (sulfide) groups is 1. The smallest absolute Gasteiger partial charge is 0.233 e. The molecule has 0 saturated carbocycles. The van der Waals surface area contributed by atoms with Crippen molar-refractivity contribution in [3.63, 3.8) is 0 Å². The molecule has 2 amide bonds. The summed E-state index contributed by atoms with van der Waals surface area (Å²) >= 11 is 1.18. The quantitative estimate of drug-likeness (QED) is 0.595. The zero-order valence-corrected chi connectivity index (χ0v) is 10.00. The highest BCUT2D eigenvalue weighted by Crippen LogP contribution is 2.44. The summed E-state index contributed by atoms with van der Waals surface area (Å²) in [6, 6.07) is 7.54. The van der Waals surface area contributed by atoms with Gasteiger partial charge in [0, 0.05) is 17.8 Å². The Bertz CT molecular complexity index is 433. The third kappa shape index (κ3) is 1.58. The maximum absolute atomic E-state index is 12.0. The molecule has 4 heteroatoms. The van der Waals surface area contributed by atoms with Gasteiger partial charge >= 0.3 is 11.6 Å². The second kappa shape index (κ2) is 4.39. The first kappa shape index (κ1) is 11.4. The third-order valence-corrected chi connectivity index (χ3v) is 3.93. The summed E-state index contributed by atoms with van der Waals surface area (Å²) in [4.78, 5) is 24.3. The number of benzene rings is 1. The molecular formula is C12H14NO2S+. The predicted molar refractivity (Wildman–Crippen MR) is 65.3 cm³/mol. The summed E-state index contributed by atoms with van der Waals surface area (Å²) < 4.78 is -0.144. The topological polar surface area (TPSA) is 34.1 Å². The summed E-state index contributed by atoms with van der Waals surface area (Å²) in [6.45, 7) is 2.63. The van der Waals surface area contributed by atoms with Crippen LogP contribution in [-0.4, -0.2) is 18.2 Å². The maximum Gasteiger partial charge on any atom is 0.392 e. The first-order chi connectivity index (χ1) is 7.74. The number of imide groups is 1. The number of unbranched alkanes of at least 4 members (excludes halogenated alkanes) is 1. The summed E-state index contributed by atoms with van der Waals surface area (Å²) in [5, 5.41) is -0.0790. The van der Waals surface area contributed by atoms with Crippen LogP contribution in [0, 0.1) is 0 Å². The van der Waals surface area contributed by atoms with E-state index in [1.165, 1.54) is 11.8 Å². The van der Waals surface area contributed by atoms with Crippen LogP contribution in [0.15, 0.2) is 29.2 Å². The van der Waals surface area contributed by atoms with Crippen molar-refractivity contribution in [3.8, 4) is 0 Å². The summed E-state index contributed by atoms with van der Waals surface area (Å²) in [7, 11) is 0. The van der Waals surface area contributed by atoms with Crippen molar-refractivity contribution in [1.29, 1.82) is 0 Å². The van der Waals surface area contributed by atoms with Crippen LogP contribution in [0.3, 0.4) is 0 Å². The Kier molecular flexibility index (Phi) is 3.12. The van der Waals surface area contributed by atoms with Gasteiger partial charge in [-0.05, 0) is 12.5 Å². The van der Waals surface area contributed by atoms with E-state index in [1.54, 1.807) is 0 Å². The molecule has 0 radical (unpaired) electrons. The first-order valence-electron chi connectivity index (χ1n) is 5.40. The molecule has 3 nitrogen and oxygen atoms in total. The fraction of sp³-hybridized carbons (Fsp3) is 0.333. The van der Waals surface area contributed by atoms with Gasteiger partial charge in [-0.15, -0.1) is 0 Å². The lowest BCUT2D eigenvalue weighted by molar-refractivity contribution is -0.114. The second-order valence-corrected chi connectivity index (χ2v) is 4.88. The first-order valence-corrected chi connectivity index (χ1v) is 6.22. The molecule has 0 N–H and O–H groups in total. The number of rotatable bonds is 4. The maximum atomic E-state index is 12.0. The Morgan fingerprint density at radius 1 is 1.38 bits per heavy atom. The zero-order chi connectivity index (χ0) is 11.6. The van der Waals surface area contributed by atoms with Gasteiger partial charge in [0.05, 0.1) is 11.4 Å². The van der Waals surface area contributed by atoms with Crippen LogP contribution in [0.5, 0.6) is 0 Å². The lowest BCUT2D eigenvalue weighted by atomic mass is 10.2. The third-order valence-electron chi connectivity index (χ3n) is 2.86. The zero-order valence-electron chi connectivity index (χ0n) is 9.18. The van der Waals surface area contributed by atoms with Gasteiger partial charge in [-0.3, -0.25) is 0 Å². The minimum atomic E-state index is -0.144. The van der Waals surface area contributed by atoms with E-state index in [1.807, 2.05) is 24.3 Å². The molecule has 84 valence electrons. The molecule has 1 heterocycles. The highest BCUT2D eigenvalue weighted by atomic mass is 32.2. The molecule has 0 saturated heterocycles. The lowest BCUT2D eigenvalue weighted by Crippen LogP contribution is -2.49. The monoisotopic (exact) mass is 236 g/mol. The number of carbonyl (C=O) groups is 2. The normalized spacial score (nSPS) is 23.2. The van der Waals surface area contributed by atoms with Crippen molar-refractivity contribution < 1.29 is 9.59 Å². The van der Waals surface area contributed by atoms with Crippen molar-refractivity contribution in [2.24, 2.45) is 0 Å². The van der Waals surface area contributed by atoms with E-state index in [0.29, 0.717) is 6.54 Å². The number of nitrogens with zero attached hydrogens (tertiary/aromatic N) is 1. The molecule has 2 rings (SSSR count). The number of quaternary nitrogens is 1. The van der Waals surface area contributed by atoms with Crippen LogP contribution in [0.4, 0.5) is 10.5 Å². The van der Waals surface area contributed by atoms with Gasteiger partial charge in [0.15, 0.2) is 5.69 Å². The fourth-order valence-electron chi connectivity index (χ4n) is 1.92. The average Bonchev–Trinajstić information content (AvgIpc) is 2.59. The minimum absolute atomic E-state index is 0.0790. The molecule has 0 spiro atoms. The Morgan fingerprint density at radius 3 is 2.81 bits per heavy atom. The molecule has 16 heavy (non-hydrogen) atoms. The van der Waals surface area contributed by atoms with Crippen molar-refractivity contribution in [1.82, 2.24) is 4.48 Å². The number of hydrogen-bond donors (Lipinski definition) is 0. The van der Waals surface area contributed by atoms with Crippen molar-refractivity contribution in [2.45, 2.75) is 24.7 Å². The molecule has 0 aliphatic carbocycles.